The molecule has 4 nitrogen and oxygen atoms in total. The summed E-state index contributed by atoms with van der Waals surface area (Å²) in [5, 5.41) is 3.63. The standard InChI is InChI=1S/C19H22ClNO3/c1-3-24-18-12-15(6-10-17(18)23-2)13-21-19(22)11-7-14-4-8-16(20)9-5-14/h4-6,8-10,12H,3,7,11,13H2,1-2H3,(H,21,22). The van der Waals surface area contributed by atoms with E-state index in [0.29, 0.717) is 42.5 Å². The van der Waals surface area contributed by atoms with Crippen LogP contribution in [-0.2, 0) is 17.8 Å². The third-order valence-electron chi connectivity index (χ3n) is 3.57. The van der Waals surface area contributed by atoms with Gasteiger partial charge in [-0.25, -0.2) is 0 Å². The highest BCUT2D eigenvalue weighted by molar-refractivity contribution is 6.30. The van der Waals surface area contributed by atoms with E-state index in [9.17, 15) is 4.79 Å². The SMILES string of the molecule is CCOc1cc(CNC(=O)CCc2ccc(Cl)cc2)ccc1OC. The van der Waals surface area contributed by atoms with Crippen molar-refractivity contribution < 1.29 is 14.3 Å². The van der Waals surface area contributed by atoms with Gasteiger partial charge in [-0.3, -0.25) is 4.79 Å². The second-order valence-corrected chi connectivity index (χ2v) is 5.76. The number of aryl methyl sites for hydroxylation is 1. The van der Waals surface area contributed by atoms with Gasteiger partial charge < -0.3 is 14.8 Å². The molecule has 0 fully saturated rings. The molecule has 5 heteroatoms. The smallest absolute Gasteiger partial charge is 0.220 e. The molecule has 0 aliphatic heterocycles. The molecule has 0 radical (unpaired) electrons. The largest absolute Gasteiger partial charge is 0.493 e. The Morgan fingerprint density at radius 1 is 1.08 bits per heavy atom. The lowest BCUT2D eigenvalue weighted by atomic mass is 10.1. The number of hydrogen-bond donors (Lipinski definition) is 1. The third kappa shape index (κ3) is 5.46. The summed E-state index contributed by atoms with van der Waals surface area (Å²) in [5.74, 6) is 1.39. The zero-order chi connectivity index (χ0) is 17.4. The Labute approximate surface area is 147 Å². The van der Waals surface area contributed by atoms with Crippen LogP contribution in [0.4, 0.5) is 0 Å². The molecule has 24 heavy (non-hydrogen) atoms. The van der Waals surface area contributed by atoms with Crippen LogP contribution in [0.25, 0.3) is 0 Å². The minimum absolute atomic E-state index is 0.0127. The number of carbonyl (C=O) groups excluding carboxylic acids is 1. The van der Waals surface area contributed by atoms with Crippen LogP contribution >= 0.6 is 11.6 Å². The van der Waals surface area contributed by atoms with Gasteiger partial charge in [0.25, 0.3) is 0 Å². The van der Waals surface area contributed by atoms with Crippen LogP contribution in [0.1, 0.15) is 24.5 Å². The Bertz CT molecular complexity index is 671. The molecule has 0 atom stereocenters. The van der Waals surface area contributed by atoms with Crippen molar-refractivity contribution in [1.29, 1.82) is 0 Å². The second-order valence-electron chi connectivity index (χ2n) is 5.32. The molecule has 2 rings (SSSR count). The first kappa shape index (κ1) is 18.1. The topological polar surface area (TPSA) is 47.6 Å². The van der Waals surface area contributed by atoms with E-state index in [4.69, 9.17) is 21.1 Å². The minimum atomic E-state index is 0.0127. The Morgan fingerprint density at radius 2 is 1.79 bits per heavy atom. The van der Waals surface area contributed by atoms with Crippen LogP contribution in [0.5, 0.6) is 11.5 Å². The fraction of sp³-hybridized carbons (Fsp3) is 0.316. The summed E-state index contributed by atoms with van der Waals surface area (Å²) in [6, 6.07) is 13.2. The molecule has 0 bridgehead atoms. The normalized spacial score (nSPS) is 10.3. The van der Waals surface area contributed by atoms with Crippen molar-refractivity contribution in [2.75, 3.05) is 13.7 Å². The minimum Gasteiger partial charge on any atom is -0.493 e. The molecule has 0 unspecified atom stereocenters. The van der Waals surface area contributed by atoms with Crippen LogP contribution in [0.15, 0.2) is 42.5 Å². The number of halogens is 1. The lowest BCUT2D eigenvalue weighted by Gasteiger charge is -2.11. The molecule has 1 N–H and O–H groups in total. The van der Waals surface area contributed by atoms with Crippen molar-refractivity contribution in [1.82, 2.24) is 5.32 Å². The van der Waals surface area contributed by atoms with E-state index in [1.165, 1.54) is 0 Å². The van der Waals surface area contributed by atoms with Crippen molar-refractivity contribution in [2.24, 2.45) is 0 Å². The van der Waals surface area contributed by atoms with Gasteiger partial charge in [-0.2, -0.15) is 0 Å². The number of nitrogens with one attached hydrogen (secondary N) is 1. The highest BCUT2D eigenvalue weighted by atomic mass is 35.5. The molecule has 0 saturated carbocycles. The third-order valence-corrected chi connectivity index (χ3v) is 3.82. The van der Waals surface area contributed by atoms with Crippen molar-refractivity contribution in [2.45, 2.75) is 26.3 Å². The first-order valence-corrected chi connectivity index (χ1v) is 8.31. The molecule has 2 aromatic rings. The van der Waals surface area contributed by atoms with Gasteiger partial charge in [0, 0.05) is 18.0 Å². The zero-order valence-corrected chi connectivity index (χ0v) is 14.7. The number of ether oxygens (including phenoxy) is 2. The Balaban J connectivity index is 1.84. The van der Waals surface area contributed by atoms with Gasteiger partial charge >= 0.3 is 0 Å². The van der Waals surface area contributed by atoms with Crippen LogP contribution in [0.2, 0.25) is 5.02 Å². The molecule has 0 aromatic heterocycles. The lowest BCUT2D eigenvalue weighted by molar-refractivity contribution is -0.121. The Hall–Kier alpha value is -2.20. The van der Waals surface area contributed by atoms with Gasteiger partial charge in [0.1, 0.15) is 0 Å². The molecular weight excluding hydrogens is 326 g/mol. The van der Waals surface area contributed by atoms with E-state index in [1.807, 2.05) is 49.4 Å². The summed E-state index contributed by atoms with van der Waals surface area (Å²) >= 11 is 5.85. The van der Waals surface area contributed by atoms with Gasteiger partial charge in [-0.1, -0.05) is 29.8 Å². The van der Waals surface area contributed by atoms with E-state index in [-0.39, 0.29) is 5.91 Å². The predicted octanol–water partition coefficient (Wildman–Crippen LogP) is 4.00. The molecule has 0 spiro atoms. The summed E-state index contributed by atoms with van der Waals surface area (Å²) in [7, 11) is 1.61. The maximum absolute atomic E-state index is 12.0. The molecule has 0 heterocycles. The first-order valence-electron chi connectivity index (χ1n) is 7.93. The number of amides is 1. The monoisotopic (exact) mass is 347 g/mol. The van der Waals surface area contributed by atoms with Gasteiger partial charge in [0.15, 0.2) is 11.5 Å². The summed E-state index contributed by atoms with van der Waals surface area (Å²) in [6.07, 6.45) is 1.13. The summed E-state index contributed by atoms with van der Waals surface area (Å²) in [5.41, 5.74) is 2.07. The fourth-order valence-corrected chi connectivity index (χ4v) is 2.42. The van der Waals surface area contributed by atoms with E-state index < -0.39 is 0 Å². The predicted molar refractivity (Wildman–Crippen MR) is 95.8 cm³/mol. The lowest BCUT2D eigenvalue weighted by Crippen LogP contribution is -2.23. The summed E-state index contributed by atoms with van der Waals surface area (Å²) in [4.78, 5) is 12.0. The van der Waals surface area contributed by atoms with Crippen molar-refractivity contribution in [3.05, 3.63) is 58.6 Å². The highest BCUT2D eigenvalue weighted by Gasteiger charge is 2.07. The highest BCUT2D eigenvalue weighted by Crippen LogP contribution is 2.27. The summed E-state index contributed by atoms with van der Waals surface area (Å²) < 4.78 is 10.8. The number of hydrogen-bond acceptors (Lipinski definition) is 3. The molecular formula is C19H22ClNO3. The quantitative estimate of drug-likeness (QED) is 0.785. The molecule has 0 aliphatic carbocycles. The van der Waals surface area contributed by atoms with Gasteiger partial charge in [0.05, 0.1) is 13.7 Å². The van der Waals surface area contributed by atoms with Gasteiger partial charge in [-0.15, -0.1) is 0 Å². The van der Waals surface area contributed by atoms with Crippen LogP contribution in [0, 0.1) is 0 Å². The Kier molecular flexibility index (Phi) is 6.94. The van der Waals surface area contributed by atoms with Gasteiger partial charge in [0.2, 0.25) is 5.91 Å². The van der Waals surface area contributed by atoms with E-state index in [0.717, 1.165) is 11.1 Å². The average Bonchev–Trinajstić information content (AvgIpc) is 2.60. The molecule has 1 amide bonds. The van der Waals surface area contributed by atoms with Crippen molar-refractivity contribution >= 4 is 17.5 Å². The molecule has 128 valence electrons. The maximum Gasteiger partial charge on any atom is 0.220 e. The maximum atomic E-state index is 12.0. The van der Waals surface area contributed by atoms with Gasteiger partial charge in [-0.05, 0) is 48.7 Å². The first-order chi connectivity index (χ1) is 11.6. The van der Waals surface area contributed by atoms with E-state index in [2.05, 4.69) is 5.32 Å². The van der Waals surface area contributed by atoms with Crippen molar-refractivity contribution in [3.8, 4) is 11.5 Å². The molecule has 0 aliphatic rings. The number of benzene rings is 2. The molecule has 2 aromatic carbocycles. The molecule has 0 saturated heterocycles. The zero-order valence-electron chi connectivity index (χ0n) is 14.0. The number of carbonyl (C=O) groups is 1. The van der Waals surface area contributed by atoms with Crippen LogP contribution in [-0.4, -0.2) is 19.6 Å². The number of methoxy groups -OCH3 is 1. The Morgan fingerprint density at radius 3 is 2.46 bits per heavy atom. The average molecular weight is 348 g/mol. The summed E-state index contributed by atoms with van der Waals surface area (Å²) in [6.45, 7) is 2.95. The second kappa shape index (κ2) is 9.18. The van der Waals surface area contributed by atoms with E-state index >= 15 is 0 Å². The van der Waals surface area contributed by atoms with E-state index in [1.54, 1.807) is 7.11 Å². The van der Waals surface area contributed by atoms with Crippen molar-refractivity contribution in [3.63, 3.8) is 0 Å². The van der Waals surface area contributed by atoms with Crippen LogP contribution < -0.4 is 14.8 Å². The number of rotatable bonds is 8. The van der Waals surface area contributed by atoms with Crippen LogP contribution in [0.3, 0.4) is 0 Å². The fourth-order valence-electron chi connectivity index (χ4n) is 2.30.